The molecule has 1 aliphatic carbocycles. The van der Waals surface area contributed by atoms with Gasteiger partial charge < -0.3 is 20.7 Å². The average molecular weight is 347 g/mol. The van der Waals surface area contributed by atoms with Crippen LogP contribution in [0.1, 0.15) is 58.1 Å². The van der Waals surface area contributed by atoms with E-state index in [1.54, 1.807) is 0 Å². The molecule has 0 unspecified atom stereocenters. The van der Waals surface area contributed by atoms with Crippen molar-refractivity contribution in [3.8, 4) is 0 Å². The van der Waals surface area contributed by atoms with Gasteiger partial charge in [0.15, 0.2) is 0 Å². The largest absolute Gasteiger partial charge is 0.381 e. The zero-order valence-electron chi connectivity index (χ0n) is 16.0. The molecule has 1 aliphatic heterocycles. The van der Waals surface area contributed by atoms with E-state index >= 15 is 0 Å². The number of hydrogen-bond donors (Lipinski definition) is 2. The molecule has 3 N–H and O–H groups in total. The normalized spacial score (nSPS) is 30.3. The molecular weight excluding hydrogens is 312 g/mol. The Labute approximate surface area is 152 Å². The van der Waals surface area contributed by atoms with Crippen LogP contribution in [0.5, 0.6) is 0 Å². The predicted molar refractivity (Wildman–Crippen MR) is 104 cm³/mol. The molecule has 0 spiro atoms. The molecule has 2 fully saturated rings. The summed E-state index contributed by atoms with van der Waals surface area (Å²) >= 11 is 0. The van der Waals surface area contributed by atoms with Crippen LogP contribution in [0.2, 0.25) is 0 Å². The van der Waals surface area contributed by atoms with Gasteiger partial charge in [0, 0.05) is 25.2 Å². The second kappa shape index (κ2) is 8.37. The van der Waals surface area contributed by atoms with Gasteiger partial charge in [-0.25, -0.2) is 4.98 Å². The number of ether oxygens (including phenoxy) is 1. The second-order valence-corrected chi connectivity index (χ2v) is 7.66. The van der Waals surface area contributed by atoms with Gasteiger partial charge in [0.1, 0.15) is 5.82 Å². The number of rotatable bonds is 5. The molecule has 1 aromatic rings. The first-order chi connectivity index (χ1) is 12.1. The molecule has 1 aromatic heterocycles. The molecule has 140 valence electrons. The van der Waals surface area contributed by atoms with Gasteiger partial charge in [-0.15, -0.1) is 0 Å². The predicted octanol–water partition coefficient (Wildman–Crippen LogP) is 3.47. The maximum absolute atomic E-state index is 6.11. The molecule has 2 atom stereocenters. The van der Waals surface area contributed by atoms with E-state index < -0.39 is 0 Å². The van der Waals surface area contributed by atoms with Crippen molar-refractivity contribution >= 4 is 11.5 Å². The average Bonchev–Trinajstić information content (AvgIpc) is 2.64. The summed E-state index contributed by atoms with van der Waals surface area (Å²) in [5.74, 6) is 1.08. The summed E-state index contributed by atoms with van der Waals surface area (Å²) in [7, 11) is 0. The third-order valence-corrected chi connectivity index (χ3v) is 5.67. The standard InChI is InChI=1S/C20H34N4O/c1-4-17-12-24(13-18(5-2)25-17)20-11-10-19(14(3)22-20)23-16-8-6-15(21)7-9-16/h10-11,15-18,23H,4-9,12-13,21H2,1-3H3/t15?,16?,17-,18+. The summed E-state index contributed by atoms with van der Waals surface area (Å²) in [5, 5.41) is 3.68. The highest BCUT2D eigenvalue weighted by Gasteiger charge is 2.27. The van der Waals surface area contributed by atoms with E-state index in [0.29, 0.717) is 24.3 Å². The monoisotopic (exact) mass is 346 g/mol. The summed E-state index contributed by atoms with van der Waals surface area (Å²) in [6.07, 6.45) is 7.27. The number of aryl methyl sites for hydroxylation is 1. The second-order valence-electron chi connectivity index (χ2n) is 7.66. The minimum absolute atomic E-state index is 0.310. The van der Waals surface area contributed by atoms with Crippen molar-refractivity contribution in [1.82, 2.24) is 4.98 Å². The van der Waals surface area contributed by atoms with Crippen molar-refractivity contribution in [2.45, 2.75) is 83.6 Å². The van der Waals surface area contributed by atoms with E-state index in [0.717, 1.165) is 68.8 Å². The summed E-state index contributed by atoms with van der Waals surface area (Å²) in [6.45, 7) is 8.38. The van der Waals surface area contributed by atoms with E-state index in [1.807, 2.05) is 0 Å². The molecule has 0 bridgehead atoms. The topological polar surface area (TPSA) is 63.4 Å². The van der Waals surface area contributed by atoms with Crippen LogP contribution < -0.4 is 16.0 Å². The molecule has 25 heavy (non-hydrogen) atoms. The minimum Gasteiger partial charge on any atom is -0.381 e. The highest BCUT2D eigenvalue weighted by atomic mass is 16.5. The molecule has 5 heteroatoms. The Bertz CT molecular complexity index is 545. The van der Waals surface area contributed by atoms with Crippen molar-refractivity contribution in [3.63, 3.8) is 0 Å². The number of morpholine rings is 1. The fourth-order valence-corrected chi connectivity index (χ4v) is 3.92. The van der Waals surface area contributed by atoms with Crippen LogP contribution in [0.15, 0.2) is 12.1 Å². The van der Waals surface area contributed by atoms with Crippen LogP contribution >= 0.6 is 0 Å². The molecule has 0 aromatic carbocycles. The van der Waals surface area contributed by atoms with E-state index in [1.165, 1.54) is 0 Å². The first-order valence-corrected chi connectivity index (χ1v) is 9.99. The smallest absolute Gasteiger partial charge is 0.129 e. The molecule has 0 amide bonds. The number of nitrogens with one attached hydrogen (secondary N) is 1. The van der Waals surface area contributed by atoms with Crippen LogP contribution in [-0.2, 0) is 4.74 Å². The molecular formula is C20H34N4O. The lowest BCUT2D eigenvalue weighted by Crippen LogP contribution is -2.47. The number of nitrogens with zero attached hydrogens (tertiary/aromatic N) is 2. The number of anilines is 2. The Balaban J connectivity index is 1.66. The van der Waals surface area contributed by atoms with Crippen molar-refractivity contribution in [2.75, 3.05) is 23.3 Å². The maximum Gasteiger partial charge on any atom is 0.129 e. The number of hydrogen-bond acceptors (Lipinski definition) is 5. The van der Waals surface area contributed by atoms with Gasteiger partial charge in [0.25, 0.3) is 0 Å². The summed E-state index contributed by atoms with van der Waals surface area (Å²) in [6, 6.07) is 5.28. The first kappa shape index (κ1) is 18.5. The Morgan fingerprint density at radius 1 is 1.12 bits per heavy atom. The molecule has 3 rings (SSSR count). The van der Waals surface area contributed by atoms with Gasteiger partial charge >= 0.3 is 0 Å². The van der Waals surface area contributed by atoms with Crippen LogP contribution in [0.25, 0.3) is 0 Å². The molecule has 2 heterocycles. The molecule has 5 nitrogen and oxygen atoms in total. The van der Waals surface area contributed by atoms with E-state index in [2.05, 4.69) is 43.1 Å². The lowest BCUT2D eigenvalue weighted by atomic mass is 9.91. The zero-order valence-corrected chi connectivity index (χ0v) is 16.0. The number of aromatic nitrogens is 1. The Morgan fingerprint density at radius 2 is 1.76 bits per heavy atom. The number of pyridine rings is 1. The van der Waals surface area contributed by atoms with Gasteiger partial charge in [-0.05, 0) is 57.6 Å². The first-order valence-electron chi connectivity index (χ1n) is 9.99. The highest BCUT2D eigenvalue weighted by molar-refractivity contribution is 5.54. The van der Waals surface area contributed by atoms with Crippen LogP contribution in [0.3, 0.4) is 0 Å². The van der Waals surface area contributed by atoms with Gasteiger partial charge in [-0.2, -0.15) is 0 Å². The molecule has 2 aliphatic rings. The highest BCUT2D eigenvalue weighted by Crippen LogP contribution is 2.26. The minimum atomic E-state index is 0.310. The van der Waals surface area contributed by atoms with Crippen molar-refractivity contribution < 1.29 is 4.74 Å². The van der Waals surface area contributed by atoms with Crippen molar-refractivity contribution in [3.05, 3.63) is 17.8 Å². The lowest BCUT2D eigenvalue weighted by Gasteiger charge is -2.38. The van der Waals surface area contributed by atoms with Crippen molar-refractivity contribution in [1.29, 1.82) is 0 Å². The summed E-state index contributed by atoms with van der Waals surface area (Å²) in [5.41, 5.74) is 8.26. The van der Waals surface area contributed by atoms with Crippen LogP contribution in [0, 0.1) is 6.92 Å². The molecule has 0 radical (unpaired) electrons. The molecule has 1 saturated carbocycles. The van der Waals surface area contributed by atoms with Crippen LogP contribution in [-0.4, -0.2) is 42.4 Å². The maximum atomic E-state index is 6.11. The van der Waals surface area contributed by atoms with Gasteiger partial charge in [0.05, 0.1) is 23.6 Å². The van der Waals surface area contributed by atoms with E-state index in [4.69, 9.17) is 15.5 Å². The SMILES string of the molecule is CC[C@@H]1CN(c2ccc(NC3CCC(N)CC3)c(C)n2)C[C@H](CC)O1. The zero-order chi connectivity index (χ0) is 17.8. The Hall–Kier alpha value is -1.33. The van der Waals surface area contributed by atoms with Gasteiger partial charge in [-0.3, -0.25) is 0 Å². The van der Waals surface area contributed by atoms with E-state index in [-0.39, 0.29) is 0 Å². The third kappa shape index (κ3) is 4.64. The van der Waals surface area contributed by atoms with Gasteiger partial charge in [-0.1, -0.05) is 13.8 Å². The fourth-order valence-electron chi connectivity index (χ4n) is 3.92. The third-order valence-electron chi connectivity index (χ3n) is 5.67. The summed E-state index contributed by atoms with van der Waals surface area (Å²) in [4.78, 5) is 7.29. The van der Waals surface area contributed by atoms with Crippen molar-refractivity contribution in [2.24, 2.45) is 5.73 Å². The van der Waals surface area contributed by atoms with Crippen LogP contribution in [0.4, 0.5) is 11.5 Å². The molecule has 1 saturated heterocycles. The number of nitrogens with two attached hydrogens (primary N) is 1. The van der Waals surface area contributed by atoms with E-state index in [9.17, 15) is 0 Å². The Kier molecular flexibility index (Phi) is 6.18. The quantitative estimate of drug-likeness (QED) is 0.855. The fraction of sp³-hybridized carbons (Fsp3) is 0.750. The lowest BCUT2D eigenvalue weighted by molar-refractivity contribution is -0.0287. The Morgan fingerprint density at radius 3 is 2.32 bits per heavy atom. The van der Waals surface area contributed by atoms with Gasteiger partial charge in [0.2, 0.25) is 0 Å². The summed E-state index contributed by atoms with van der Waals surface area (Å²) < 4.78 is 6.11.